The van der Waals surface area contributed by atoms with Gasteiger partial charge in [0.2, 0.25) is 5.43 Å². The molecule has 1 aromatic heterocycles. The average Bonchev–Trinajstić information content (AvgIpc) is 2.46. The highest BCUT2D eigenvalue weighted by Gasteiger charge is 2.24. The van der Waals surface area contributed by atoms with Crippen molar-refractivity contribution in [2.24, 2.45) is 0 Å². The number of nitro groups is 2. The van der Waals surface area contributed by atoms with Gasteiger partial charge >= 0.3 is 0 Å². The molecule has 0 saturated heterocycles. The molecule has 0 aliphatic heterocycles. The van der Waals surface area contributed by atoms with Gasteiger partial charge in [-0.05, 0) is 12.1 Å². The Hall–Kier alpha value is -2.87. The molecule has 1 heterocycles. The first-order valence-electron chi connectivity index (χ1n) is 5.78. The Bertz CT molecular complexity index is 979. The fraction of sp³-hybridized carbons (Fsp3) is 0. The molecule has 2 aromatic carbocycles. The van der Waals surface area contributed by atoms with E-state index >= 15 is 0 Å². The summed E-state index contributed by atoms with van der Waals surface area (Å²) in [7, 11) is 0. The molecule has 0 N–H and O–H groups in total. The summed E-state index contributed by atoms with van der Waals surface area (Å²) in [5.74, 6) is 0. The minimum Gasteiger partial charge on any atom is -0.288 e. The minimum absolute atomic E-state index is 0.0258. The second-order valence-corrected chi connectivity index (χ2v) is 5.30. The number of non-ortho nitro benzene ring substituents is 2. The van der Waals surface area contributed by atoms with Crippen LogP contribution in [0.25, 0.3) is 20.2 Å². The van der Waals surface area contributed by atoms with Crippen LogP contribution in [0.3, 0.4) is 0 Å². The summed E-state index contributed by atoms with van der Waals surface area (Å²) >= 11 is 1.01. The number of hydrogen-bond acceptors (Lipinski definition) is 6. The lowest BCUT2D eigenvalue weighted by molar-refractivity contribution is -0.386. The number of nitro benzene ring substituents is 2. The summed E-state index contributed by atoms with van der Waals surface area (Å²) in [4.78, 5) is 33.3. The van der Waals surface area contributed by atoms with Gasteiger partial charge in [-0.3, -0.25) is 25.0 Å². The molecule has 0 atom stereocenters. The zero-order valence-electron chi connectivity index (χ0n) is 10.3. The summed E-state index contributed by atoms with van der Waals surface area (Å²) in [5.41, 5.74) is -1.28. The van der Waals surface area contributed by atoms with Gasteiger partial charge < -0.3 is 0 Å². The molecule has 0 unspecified atom stereocenters. The number of rotatable bonds is 2. The molecule has 3 aromatic rings. The van der Waals surface area contributed by atoms with Crippen LogP contribution in [-0.2, 0) is 0 Å². The Kier molecular flexibility index (Phi) is 2.88. The van der Waals surface area contributed by atoms with Gasteiger partial charge in [0.1, 0.15) is 10.1 Å². The highest BCUT2D eigenvalue weighted by atomic mass is 32.1. The summed E-state index contributed by atoms with van der Waals surface area (Å²) < 4.78 is 0.580. The lowest BCUT2D eigenvalue weighted by Crippen LogP contribution is -2.05. The van der Waals surface area contributed by atoms with E-state index in [1.807, 2.05) is 0 Å². The molecule has 0 fully saturated rings. The lowest BCUT2D eigenvalue weighted by Gasteiger charge is -2.02. The van der Waals surface area contributed by atoms with Crippen molar-refractivity contribution in [3.63, 3.8) is 0 Å². The Morgan fingerprint density at radius 3 is 2.19 bits per heavy atom. The van der Waals surface area contributed by atoms with E-state index in [4.69, 9.17) is 0 Å². The molecule has 0 bridgehead atoms. The molecule has 3 rings (SSSR count). The Morgan fingerprint density at radius 2 is 1.52 bits per heavy atom. The third kappa shape index (κ3) is 1.93. The van der Waals surface area contributed by atoms with E-state index in [9.17, 15) is 25.0 Å². The predicted octanol–water partition coefficient (Wildman–Crippen LogP) is 3.23. The third-order valence-corrected chi connectivity index (χ3v) is 4.27. The molecule has 21 heavy (non-hydrogen) atoms. The van der Waals surface area contributed by atoms with Crippen molar-refractivity contribution in [2.45, 2.75) is 0 Å². The monoisotopic (exact) mass is 302 g/mol. The zero-order valence-corrected chi connectivity index (χ0v) is 11.1. The van der Waals surface area contributed by atoms with Crippen LogP contribution >= 0.6 is 11.3 Å². The molecule has 0 saturated carbocycles. The first kappa shape index (κ1) is 13.1. The average molecular weight is 302 g/mol. The smallest absolute Gasteiger partial charge is 0.287 e. The van der Waals surface area contributed by atoms with Gasteiger partial charge in [0.15, 0.2) is 0 Å². The summed E-state index contributed by atoms with van der Waals surface area (Å²) in [6.07, 6.45) is 0. The Morgan fingerprint density at radius 1 is 0.905 bits per heavy atom. The fourth-order valence-electron chi connectivity index (χ4n) is 2.17. The second-order valence-electron chi connectivity index (χ2n) is 4.25. The third-order valence-electron chi connectivity index (χ3n) is 3.08. The summed E-state index contributed by atoms with van der Waals surface area (Å²) in [6, 6.07) is 8.62. The van der Waals surface area contributed by atoms with Crippen LogP contribution in [0, 0.1) is 20.2 Å². The number of nitrogens with zero attached hydrogens (tertiary/aromatic N) is 2. The van der Waals surface area contributed by atoms with Crippen molar-refractivity contribution < 1.29 is 9.85 Å². The van der Waals surface area contributed by atoms with Crippen molar-refractivity contribution in [1.29, 1.82) is 0 Å². The maximum atomic E-state index is 12.5. The molecule has 8 heteroatoms. The van der Waals surface area contributed by atoms with Crippen molar-refractivity contribution in [3.8, 4) is 0 Å². The van der Waals surface area contributed by atoms with Crippen molar-refractivity contribution in [3.05, 3.63) is 66.9 Å². The Balaban J connectivity index is 2.65. The fourth-order valence-corrected chi connectivity index (χ4v) is 3.35. The molecule has 0 spiro atoms. The summed E-state index contributed by atoms with van der Waals surface area (Å²) in [5, 5.41) is 22.3. The van der Waals surface area contributed by atoms with E-state index in [0.29, 0.717) is 10.1 Å². The lowest BCUT2D eigenvalue weighted by atomic mass is 10.1. The number of fused-ring (bicyclic) bond motifs is 2. The normalized spacial score (nSPS) is 10.9. The molecule has 0 aliphatic rings. The van der Waals surface area contributed by atoms with Crippen LogP contribution in [0.1, 0.15) is 0 Å². The largest absolute Gasteiger partial charge is 0.288 e. The highest BCUT2D eigenvalue weighted by Crippen LogP contribution is 2.36. The van der Waals surface area contributed by atoms with E-state index < -0.39 is 21.0 Å². The van der Waals surface area contributed by atoms with Crippen LogP contribution < -0.4 is 5.43 Å². The molecule has 0 aliphatic carbocycles. The van der Waals surface area contributed by atoms with Gasteiger partial charge in [-0.1, -0.05) is 12.1 Å². The zero-order chi connectivity index (χ0) is 15.1. The van der Waals surface area contributed by atoms with Crippen molar-refractivity contribution in [2.75, 3.05) is 0 Å². The van der Waals surface area contributed by atoms with Gasteiger partial charge in [0.25, 0.3) is 11.4 Å². The number of benzene rings is 2. The van der Waals surface area contributed by atoms with Crippen LogP contribution in [-0.4, -0.2) is 9.85 Å². The van der Waals surface area contributed by atoms with Crippen LogP contribution in [0.5, 0.6) is 0 Å². The maximum Gasteiger partial charge on any atom is 0.287 e. The van der Waals surface area contributed by atoms with Gasteiger partial charge in [0, 0.05) is 22.2 Å². The molecular formula is C13H6N2O5S. The molecule has 0 amide bonds. The molecule has 104 valence electrons. The molecular weight excluding hydrogens is 296 g/mol. The maximum absolute atomic E-state index is 12.5. The van der Waals surface area contributed by atoms with Crippen LogP contribution in [0.4, 0.5) is 11.4 Å². The van der Waals surface area contributed by atoms with E-state index in [2.05, 4.69) is 0 Å². The van der Waals surface area contributed by atoms with E-state index in [-0.39, 0.29) is 15.8 Å². The molecule has 7 nitrogen and oxygen atoms in total. The topological polar surface area (TPSA) is 103 Å². The van der Waals surface area contributed by atoms with E-state index in [1.165, 1.54) is 0 Å². The van der Waals surface area contributed by atoms with Gasteiger partial charge in [0.05, 0.1) is 9.85 Å². The summed E-state index contributed by atoms with van der Waals surface area (Å²) in [6.45, 7) is 0. The highest BCUT2D eigenvalue weighted by molar-refractivity contribution is 7.25. The quantitative estimate of drug-likeness (QED) is 0.410. The minimum atomic E-state index is -0.699. The number of hydrogen-bond donors (Lipinski definition) is 0. The van der Waals surface area contributed by atoms with Gasteiger partial charge in [-0.25, -0.2) is 0 Å². The first-order chi connectivity index (χ1) is 10.0. The second kappa shape index (κ2) is 4.60. The molecule has 0 radical (unpaired) electrons. The van der Waals surface area contributed by atoms with Gasteiger partial charge in [-0.2, -0.15) is 0 Å². The van der Waals surface area contributed by atoms with Crippen LogP contribution in [0.2, 0.25) is 0 Å². The van der Waals surface area contributed by atoms with Crippen molar-refractivity contribution in [1.82, 2.24) is 0 Å². The standard InChI is InChI=1S/C13H6N2O5S/c16-12-7-3-1-2-4-10(7)21-13-9(15(19)20)6-5-8(11(12)13)14(17)18/h1-6H. The SMILES string of the molecule is O=c1c2ccccc2sc2c([N+](=O)[O-])ccc([N+](=O)[O-])c12. The predicted molar refractivity (Wildman–Crippen MR) is 78.9 cm³/mol. The van der Waals surface area contributed by atoms with E-state index in [0.717, 1.165) is 23.5 Å². The first-order valence-corrected chi connectivity index (χ1v) is 6.59. The van der Waals surface area contributed by atoms with E-state index in [1.54, 1.807) is 24.3 Å². The van der Waals surface area contributed by atoms with Crippen LogP contribution in [0.15, 0.2) is 41.2 Å². The Labute approximate surface area is 120 Å². The van der Waals surface area contributed by atoms with Gasteiger partial charge in [-0.15, -0.1) is 11.3 Å². The van der Waals surface area contributed by atoms with Crippen molar-refractivity contribution >= 4 is 42.9 Å².